The van der Waals surface area contributed by atoms with Crippen LogP contribution in [-0.4, -0.2) is 41.9 Å². The summed E-state index contributed by atoms with van der Waals surface area (Å²) in [5.41, 5.74) is 0. The first-order chi connectivity index (χ1) is 6.72. The van der Waals surface area contributed by atoms with Crippen LogP contribution >= 0.6 is 0 Å². The Morgan fingerprint density at radius 2 is 1.64 bits per heavy atom. The Kier molecular flexibility index (Phi) is 5.81. The van der Waals surface area contributed by atoms with Crippen LogP contribution in [0, 0.1) is 0 Å². The fourth-order valence-electron chi connectivity index (χ4n) is 1.35. The molecule has 1 rings (SSSR count). The first-order valence-corrected chi connectivity index (χ1v) is 7.50. The molecule has 2 N–H and O–H groups in total. The molecule has 1 fully saturated rings. The Bertz CT molecular complexity index is 153. The van der Waals surface area contributed by atoms with Gasteiger partial charge in [0.15, 0.2) is 0 Å². The highest BCUT2D eigenvalue weighted by molar-refractivity contribution is 6.37. The van der Waals surface area contributed by atoms with Crippen molar-refractivity contribution in [3.05, 3.63) is 0 Å². The van der Waals surface area contributed by atoms with Gasteiger partial charge in [0.25, 0.3) is 0 Å². The molecule has 1 aliphatic carbocycles. The minimum atomic E-state index is -2.75. The summed E-state index contributed by atoms with van der Waals surface area (Å²) in [5.74, 6) is 0. The largest absolute Gasteiger partial charge is 0.510 e. The molecule has 0 aliphatic heterocycles. The summed E-state index contributed by atoms with van der Waals surface area (Å²) in [5, 5.41) is 0. The monoisotopic (exact) mass is 240 g/mol. The number of hydrogen-bond donors (Lipinski definition) is 2. The molecule has 0 spiro atoms. The van der Waals surface area contributed by atoms with Gasteiger partial charge in [0, 0.05) is 13.2 Å². The van der Waals surface area contributed by atoms with Gasteiger partial charge in [-0.25, -0.2) is 9.15 Å². The fraction of sp³-hybridized carbons (Fsp3) is 1.00. The van der Waals surface area contributed by atoms with Gasteiger partial charge in [-0.3, -0.25) is 0 Å². The van der Waals surface area contributed by atoms with E-state index in [0.717, 1.165) is 25.7 Å². The lowest BCUT2D eigenvalue weighted by Crippen LogP contribution is -2.32. The Hall–Kier alpha value is 0.194. The zero-order chi connectivity index (χ0) is 10.4. The molecule has 8 heteroatoms. The van der Waals surface area contributed by atoms with Crippen molar-refractivity contribution in [3.8, 4) is 0 Å². The summed E-state index contributed by atoms with van der Waals surface area (Å²) >= 11 is 0. The summed E-state index contributed by atoms with van der Waals surface area (Å²) < 4.78 is 18.6. The van der Waals surface area contributed by atoms with Crippen LogP contribution in [0.15, 0.2) is 0 Å². The second-order valence-corrected chi connectivity index (χ2v) is 5.44. The summed E-state index contributed by atoms with van der Waals surface area (Å²) in [4.78, 5) is 18.2. The Labute approximate surface area is 86.2 Å². The van der Waals surface area contributed by atoms with E-state index in [1.165, 1.54) is 7.11 Å². The first kappa shape index (κ1) is 12.3. The third-order valence-electron chi connectivity index (χ3n) is 2.03. The normalized spacial score (nSPS) is 22.5. The quantitative estimate of drug-likeness (QED) is 0.351. The van der Waals surface area contributed by atoms with E-state index in [2.05, 4.69) is 13.6 Å². The molecule has 0 bridgehead atoms. The van der Waals surface area contributed by atoms with E-state index in [9.17, 15) is 4.80 Å². The summed E-state index contributed by atoms with van der Waals surface area (Å²) in [6.45, 7) is 0. The van der Waals surface area contributed by atoms with E-state index in [4.69, 9.17) is 9.22 Å². The lowest BCUT2D eigenvalue weighted by molar-refractivity contribution is -0.180. The van der Waals surface area contributed by atoms with Crippen LogP contribution in [0.25, 0.3) is 0 Å². The van der Waals surface area contributed by atoms with Crippen LogP contribution in [0.3, 0.4) is 0 Å². The van der Waals surface area contributed by atoms with Crippen molar-refractivity contribution < 1.29 is 27.6 Å². The second-order valence-electron chi connectivity index (χ2n) is 3.08. The molecule has 0 radical (unpaired) electrons. The molecule has 1 aliphatic rings. The van der Waals surface area contributed by atoms with E-state index >= 15 is 0 Å². The molecule has 1 saturated carbocycles. The van der Waals surface area contributed by atoms with Gasteiger partial charge < -0.3 is 18.4 Å². The van der Waals surface area contributed by atoms with Gasteiger partial charge in [-0.1, -0.05) is 12.8 Å². The van der Waals surface area contributed by atoms with Crippen molar-refractivity contribution in [2.45, 2.75) is 31.8 Å². The van der Waals surface area contributed by atoms with Crippen LogP contribution in [0.4, 0.5) is 0 Å². The smallest absolute Gasteiger partial charge is 0.391 e. The van der Waals surface area contributed by atoms with E-state index in [1.807, 2.05) is 0 Å². The molecule has 2 atom stereocenters. The summed E-state index contributed by atoms with van der Waals surface area (Å²) in [6, 6.07) is 0. The molecular formula is C6H16O6Si2. The van der Waals surface area contributed by atoms with E-state index < -0.39 is 19.1 Å². The lowest BCUT2D eigenvalue weighted by atomic mass is 10.3. The van der Waals surface area contributed by atoms with E-state index in [0.29, 0.717) is 0 Å². The van der Waals surface area contributed by atoms with Crippen molar-refractivity contribution in [1.29, 1.82) is 0 Å². The van der Waals surface area contributed by atoms with Gasteiger partial charge >= 0.3 is 19.1 Å². The van der Waals surface area contributed by atoms with E-state index in [-0.39, 0.29) is 6.10 Å². The van der Waals surface area contributed by atoms with Crippen molar-refractivity contribution in [2.75, 3.05) is 7.11 Å². The molecule has 14 heavy (non-hydrogen) atoms. The van der Waals surface area contributed by atoms with Gasteiger partial charge in [-0.15, -0.1) is 0 Å². The molecule has 6 nitrogen and oxygen atoms in total. The molecule has 84 valence electrons. The Balaban J connectivity index is 2.05. The Morgan fingerprint density at radius 1 is 1.07 bits per heavy atom. The first-order valence-electron chi connectivity index (χ1n) is 4.59. The van der Waals surface area contributed by atoms with Crippen molar-refractivity contribution >= 4 is 19.1 Å². The zero-order valence-corrected chi connectivity index (χ0v) is 10.4. The second kappa shape index (κ2) is 6.64. The van der Waals surface area contributed by atoms with Gasteiger partial charge in [-0.05, 0) is 12.8 Å². The van der Waals surface area contributed by atoms with Crippen molar-refractivity contribution in [2.24, 2.45) is 0 Å². The molecule has 0 aromatic carbocycles. The van der Waals surface area contributed by atoms with Gasteiger partial charge in [0.1, 0.15) is 0 Å². The zero-order valence-electron chi connectivity index (χ0n) is 8.09. The molecule has 0 aromatic rings. The predicted molar refractivity (Wildman–Crippen MR) is 51.3 cm³/mol. The fourth-order valence-corrected chi connectivity index (χ4v) is 2.83. The average molecular weight is 240 g/mol. The maximum absolute atomic E-state index is 9.28. The maximum Gasteiger partial charge on any atom is 0.510 e. The minimum absolute atomic E-state index is 0.0848. The van der Waals surface area contributed by atoms with Crippen LogP contribution in [0.1, 0.15) is 25.7 Å². The molecular weight excluding hydrogens is 224 g/mol. The van der Waals surface area contributed by atoms with Crippen molar-refractivity contribution in [1.82, 2.24) is 0 Å². The minimum Gasteiger partial charge on any atom is -0.391 e. The van der Waals surface area contributed by atoms with Gasteiger partial charge in [0.2, 0.25) is 0 Å². The lowest BCUT2D eigenvalue weighted by Gasteiger charge is -2.15. The summed E-state index contributed by atoms with van der Waals surface area (Å²) in [6.07, 6.45) is 4.25. The van der Waals surface area contributed by atoms with Crippen LogP contribution < -0.4 is 0 Å². The van der Waals surface area contributed by atoms with Crippen molar-refractivity contribution in [3.63, 3.8) is 0 Å². The molecule has 0 amide bonds. The summed E-state index contributed by atoms with van der Waals surface area (Å²) in [7, 11) is -4.15. The maximum atomic E-state index is 9.28. The molecule has 0 saturated heterocycles. The van der Waals surface area contributed by atoms with Crippen LogP contribution in [-0.2, 0) is 18.0 Å². The van der Waals surface area contributed by atoms with Crippen LogP contribution in [0.2, 0.25) is 0 Å². The van der Waals surface area contributed by atoms with Gasteiger partial charge in [0.05, 0.1) is 0 Å². The number of hydrogen-bond acceptors (Lipinski definition) is 6. The van der Waals surface area contributed by atoms with Crippen LogP contribution in [0.5, 0.6) is 0 Å². The standard InChI is InChI=1S/C6H16O6Si2/c1-9-13(7)11-12-14(8)10-6-4-2-3-5-6/h6-8,13-14H,2-5H2,1H3. The highest BCUT2D eigenvalue weighted by atomic mass is 28.3. The number of rotatable bonds is 6. The highest BCUT2D eigenvalue weighted by Gasteiger charge is 2.23. The predicted octanol–water partition coefficient (Wildman–Crippen LogP) is -1.04. The third-order valence-corrected chi connectivity index (χ3v) is 3.83. The molecule has 0 heterocycles. The molecule has 0 aromatic heterocycles. The topological polar surface area (TPSA) is 77.4 Å². The molecule has 2 unspecified atom stereocenters. The SMILES string of the molecule is CO[SiH](O)OO[SiH](O)OC1CCCC1. The average Bonchev–Trinajstić information content (AvgIpc) is 2.66. The van der Waals surface area contributed by atoms with Gasteiger partial charge in [-0.2, -0.15) is 0 Å². The third kappa shape index (κ3) is 4.62. The van der Waals surface area contributed by atoms with E-state index in [1.54, 1.807) is 0 Å². The Morgan fingerprint density at radius 3 is 2.21 bits per heavy atom. The highest BCUT2D eigenvalue weighted by Crippen LogP contribution is 2.21.